The van der Waals surface area contributed by atoms with Crippen molar-refractivity contribution in [3.05, 3.63) is 88.4 Å². The maximum Gasteiger partial charge on any atom is 0.249 e. The van der Waals surface area contributed by atoms with Crippen molar-refractivity contribution >= 4 is 39.6 Å². The van der Waals surface area contributed by atoms with E-state index in [1.165, 1.54) is 34.8 Å². The predicted octanol–water partition coefficient (Wildman–Crippen LogP) is 4.31. The Morgan fingerprint density at radius 2 is 1.75 bits per heavy atom. The Kier molecular flexibility index (Phi) is 6.98. The largest absolute Gasteiger partial charge is 0.344 e. The van der Waals surface area contributed by atoms with Crippen molar-refractivity contribution in [2.24, 2.45) is 0 Å². The van der Waals surface area contributed by atoms with E-state index in [0.29, 0.717) is 22.1 Å². The normalized spacial score (nSPS) is 11.7. The number of hydrogen-bond acceptors (Lipinski definition) is 6. The second kappa shape index (κ2) is 10.3. The molecule has 162 valence electrons. The van der Waals surface area contributed by atoms with Crippen LogP contribution in [0.5, 0.6) is 0 Å². The maximum atomic E-state index is 13.1. The minimum absolute atomic E-state index is 0.212. The monoisotopic (exact) mass is 466 g/mol. The number of rotatable bonds is 8. The fourth-order valence-electron chi connectivity index (χ4n) is 3.05. The zero-order valence-electron chi connectivity index (χ0n) is 16.8. The van der Waals surface area contributed by atoms with Gasteiger partial charge in [0, 0.05) is 16.9 Å². The number of nitrogens with zero attached hydrogens (tertiary/aromatic N) is 2. The molecule has 0 aliphatic rings. The maximum absolute atomic E-state index is 13.1. The predicted molar refractivity (Wildman–Crippen MR) is 124 cm³/mol. The molecule has 2 aromatic heterocycles. The number of amides is 2. The summed E-state index contributed by atoms with van der Waals surface area (Å²) in [6.07, 6.45) is 0.552. The number of nitrogens with one attached hydrogen (secondary N) is 2. The third-order valence-corrected chi connectivity index (χ3v) is 6.36. The lowest BCUT2D eigenvalue weighted by atomic mass is 10.1. The van der Waals surface area contributed by atoms with Crippen LogP contribution >= 0.6 is 22.7 Å². The molecule has 4 rings (SSSR count). The van der Waals surface area contributed by atoms with Gasteiger partial charge in [0.15, 0.2) is 0 Å². The van der Waals surface area contributed by atoms with E-state index < -0.39 is 6.04 Å². The molecule has 9 heteroatoms. The van der Waals surface area contributed by atoms with Crippen LogP contribution in [0.1, 0.15) is 10.4 Å². The second-order valence-electron chi connectivity index (χ2n) is 6.97. The van der Waals surface area contributed by atoms with E-state index in [1.807, 2.05) is 47.8 Å². The molecule has 32 heavy (non-hydrogen) atoms. The first-order chi connectivity index (χ1) is 15.6. The highest BCUT2D eigenvalue weighted by atomic mass is 32.1. The number of aromatic nitrogens is 2. The summed E-state index contributed by atoms with van der Waals surface area (Å²) in [6.45, 7) is 0. The summed E-state index contributed by atoms with van der Waals surface area (Å²) in [7, 11) is 0. The Morgan fingerprint density at radius 1 is 0.969 bits per heavy atom. The zero-order chi connectivity index (χ0) is 22.3. The van der Waals surface area contributed by atoms with Crippen molar-refractivity contribution in [1.29, 1.82) is 0 Å². The molecule has 1 atom stereocenters. The molecule has 0 radical (unpaired) electrons. The van der Waals surface area contributed by atoms with E-state index >= 15 is 0 Å². The van der Waals surface area contributed by atoms with Crippen LogP contribution in [0.2, 0.25) is 0 Å². The molecule has 2 N–H and O–H groups in total. The van der Waals surface area contributed by atoms with Crippen LogP contribution in [0.15, 0.2) is 72.1 Å². The summed E-state index contributed by atoms with van der Waals surface area (Å²) in [5.41, 5.74) is 1.63. The summed E-state index contributed by atoms with van der Waals surface area (Å²) in [4.78, 5) is 26.5. The molecule has 2 aromatic carbocycles. The number of hydrogen-bond donors (Lipinski definition) is 2. The summed E-state index contributed by atoms with van der Waals surface area (Å²) < 4.78 is 13.1. The van der Waals surface area contributed by atoms with Gasteiger partial charge in [-0.15, -0.1) is 21.5 Å². The Morgan fingerprint density at radius 3 is 2.47 bits per heavy atom. The third kappa shape index (κ3) is 5.83. The van der Waals surface area contributed by atoms with Gasteiger partial charge < -0.3 is 5.32 Å². The number of halogens is 1. The molecule has 0 fully saturated rings. The molecule has 0 spiro atoms. The summed E-state index contributed by atoms with van der Waals surface area (Å²) in [6, 6.07) is 18.4. The van der Waals surface area contributed by atoms with Gasteiger partial charge in [-0.3, -0.25) is 14.9 Å². The topological polar surface area (TPSA) is 84.0 Å². The van der Waals surface area contributed by atoms with Gasteiger partial charge in [0.1, 0.15) is 16.9 Å². The highest BCUT2D eigenvalue weighted by Gasteiger charge is 2.23. The Labute approximate surface area is 192 Å². The Bertz CT molecular complexity index is 1180. The van der Waals surface area contributed by atoms with Gasteiger partial charge in [-0.1, -0.05) is 47.7 Å². The lowest BCUT2D eigenvalue weighted by Crippen LogP contribution is -2.45. The van der Waals surface area contributed by atoms with Gasteiger partial charge in [-0.25, -0.2) is 4.39 Å². The average molecular weight is 467 g/mol. The van der Waals surface area contributed by atoms with Gasteiger partial charge in [0.2, 0.25) is 16.9 Å². The highest BCUT2D eigenvalue weighted by molar-refractivity contribution is 7.18. The summed E-state index contributed by atoms with van der Waals surface area (Å²) in [5.74, 6) is -0.947. The first kappa shape index (κ1) is 21.8. The molecule has 2 amide bonds. The minimum atomic E-state index is -0.775. The molecule has 0 aliphatic carbocycles. The van der Waals surface area contributed by atoms with Gasteiger partial charge in [-0.05, 0) is 41.3 Å². The van der Waals surface area contributed by atoms with Crippen molar-refractivity contribution in [3.8, 4) is 10.6 Å². The van der Waals surface area contributed by atoms with Crippen LogP contribution in [0.3, 0.4) is 0 Å². The zero-order valence-corrected chi connectivity index (χ0v) is 18.5. The molecule has 0 bridgehead atoms. The number of carbonyl (C=O) groups is 2. The quantitative estimate of drug-likeness (QED) is 0.405. The van der Waals surface area contributed by atoms with E-state index in [-0.39, 0.29) is 24.1 Å². The minimum Gasteiger partial charge on any atom is -0.344 e. The van der Waals surface area contributed by atoms with Crippen LogP contribution < -0.4 is 10.6 Å². The van der Waals surface area contributed by atoms with Crippen molar-refractivity contribution < 1.29 is 14.0 Å². The number of anilines is 1. The van der Waals surface area contributed by atoms with E-state index in [2.05, 4.69) is 20.8 Å². The summed E-state index contributed by atoms with van der Waals surface area (Å²) >= 11 is 2.67. The highest BCUT2D eigenvalue weighted by Crippen LogP contribution is 2.26. The molecule has 0 saturated carbocycles. The van der Waals surface area contributed by atoms with Crippen molar-refractivity contribution in [2.75, 3.05) is 5.32 Å². The van der Waals surface area contributed by atoms with Gasteiger partial charge in [0.05, 0.1) is 6.42 Å². The lowest BCUT2D eigenvalue weighted by Gasteiger charge is -2.17. The number of carbonyl (C=O) groups excluding carboxylic acids is 2. The van der Waals surface area contributed by atoms with Gasteiger partial charge >= 0.3 is 0 Å². The molecular formula is C23H19FN4O2S2. The van der Waals surface area contributed by atoms with Crippen LogP contribution in [0, 0.1) is 5.82 Å². The van der Waals surface area contributed by atoms with E-state index in [4.69, 9.17) is 0 Å². The average Bonchev–Trinajstić information content (AvgIpc) is 3.47. The Hall–Kier alpha value is -3.43. The second-order valence-corrected chi connectivity index (χ2v) is 8.98. The Balaban J connectivity index is 1.46. The number of thiophene rings is 1. The number of benzene rings is 2. The molecule has 2 heterocycles. The van der Waals surface area contributed by atoms with Crippen LogP contribution in [-0.2, 0) is 22.4 Å². The van der Waals surface area contributed by atoms with E-state index in [0.717, 1.165) is 10.4 Å². The SMILES string of the molecule is O=C(Cc1cccs1)NC(Cc1ccccc1)C(=O)Nc1nnc(-c2ccc(F)cc2)s1. The van der Waals surface area contributed by atoms with Crippen LogP contribution in [-0.4, -0.2) is 28.1 Å². The molecule has 0 aliphatic heterocycles. The fraction of sp³-hybridized carbons (Fsp3) is 0.130. The smallest absolute Gasteiger partial charge is 0.249 e. The first-order valence-corrected chi connectivity index (χ1v) is 11.5. The van der Waals surface area contributed by atoms with Gasteiger partial charge in [0.25, 0.3) is 0 Å². The van der Waals surface area contributed by atoms with Crippen LogP contribution in [0.25, 0.3) is 10.6 Å². The molecule has 6 nitrogen and oxygen atoms in total. The molecule has 1 unspecified atom stereocenters. The lowest BCUT2D eigenvalue weighted by molar-refractivity contribution is -0.126. The molecule has 4 aromatic rings. The fourth-order valence-corrected chi connectivity index (χ4v) is 4.51. The van der Waals surface area contributed by atoms with Crippen molar-refractivity contribution in [3.63, 3.8) is 0 Å². The van der Waals surface area contributed by atoms with E-state index in [1.54, 1.807) is 12.1 Å². The van der Waals surface area contributed by atoms with Crippen molar-refractivity contribution in [1.82, 2.24) is 15.5 Å². The summed E-state index contributed by atoms with van der Waals surface area (Å²) in [5, 5.41) is 16.4. The van der Waals surface area contributed by atoms with Crippen LogP contribution in [0.4, 0.5) is 9.52 Å². The standard InChI is InChI=1S/C23H19FN4O2S2/c24-17-10-8-16(9-11-17)22-27-28-23(32-22)26-21(30)19(13-15-5-2-1-3-6-15)25-20(29)14-18-7-4-12-31-18/h1-12,19H,13-14H2,(H,25,29)(H,26,28,30). The van der Waals surface area contributed by atoms with Gasteiger partial charge in [-0.2, -0.15) is 0 Å². The first-order valence-electron chi connectivity index (χ1n) is 9.83. The third-order valence-electron chi connectivity index (χ3n) is 4.60. The molecule has 0 saturated heterocycles. The van der Waals surface area contributed by atoms with E-state index in [9.17, 15) is 14.0 Å². The molecular weight excluding hydrogens is 447 g/mol. The van der Waals surface area contributed by atoms with Crippen molar-refractivity contribution in [2.45, 2.75) is 18.9 Å².